The minimum Gasteiger partial charge on any atom is -0.569 e. The van der Waals surface area contributed by atoms with E-state index < -0.39 is 70.8 Å². The molecule has 54 heavy (non-hydrogen) atoms. The van der Waals surface area contributed by atoms with Gasteiger partial charge in [0.15, 0.2) is 5.69 Å². The van der Waals surface area contributed by atoms with Crippen molar-refractivity contribution < 1.29 is 55.3 Å². The molecule has 2 aliphatic heterocycles. The van der Waals surface area contributed by atoms with Gasteiger partial charge in [0, 0.05) is 12.0 Å². The number of alkyl halides is 3. The van der Waals surface area contributed by atoms with E-state index in [2.05, 4.69) is 10.4 Å². The molecule has 3 aromatic carbocycles. The number of carbonyl (C=O) groups is 4. The van der Waals surface area contributed by atoms with Gasteiger partial charge in [-0.15, -0.1) is 5.01 Å². The zero-order valence-electron chi connectivity index (χ0n) is 28.4. The summed E-state index contributed by atoms with van der Waals surface area (Å²) in [5.74, 6) is -3.06. The lowest BCUT2D eigenvalue weighted by molar-refractivity contribution is -0.727. The Labute approximate surface area is 304 Å². The summed E-state index contributed by atoms with van der Waals surface area (Å²) in [4.78, 5) is 55.4. The van der Waals surface area contributed by atoms with E-state index in [-0.39, 0.29) is 45.5 Å². The first-order valence-corrected chi connectivity index (χ1v) is 17.7. The lowest BCUT2D eigenvalue weighted by Gasteiger charge is -2.33. The molecule has 20 heteroatoms. The molecule has 1 fully saturated rings. The number of ether oxygens (including phenoxy) is 1. The first kappa shape index (κ1) is 37.4. The van der Waals surface area contributed by atoms with Crippen LogP contribution in [0.2, 0.25) is 0 Å². The molecular formula is C34H30F3N7O9S. The third kappa shape index (κ3) is 7.87. The molecule has 1 saturated heterocycles. The summed E-state index contributed by atoms with van der Waals surface area (Å²) in [6.45, 7) is 3.00. The highest BCUT2D eigenvalue weighted by Gasteiger charge is 2.41. The number of carbonyl (C=O) groups excluding carboxylic acids is 4. The summed E-state index contributed by atoms with van der Waals surface area (Å²) in [5.41, 5.74) is 0.839. The van der Waals surface area contributed by atoms with Crippen molar-refractivity contribution >= 4 is 33.7 Å². The fourth-order valence-electron chi connectivity index (χ4n) is 5.51. The van der Waals surface area contributed by atoms with Gasteiger partial charge in [-0.2, -0.15) is 18.3 Å². The summed E-state index contributed by atoms with van der Waals surface area (Å²) in [7, 11) is -4.43. The number of rotatable bonds is 12. The zero-order valence-corrected chi connectivity index (χ0v) is 29.2. The number of nitrogens with one attached hydrogen (secondary N) is 1. The highest BCUT2D eigenvalue weighted by atomic mass is 32.2. The molecule has 0 radical (unpaired) electrons. The molecule has 16 nitrogen and oxygen atoms in total. The standard InChI is InChI=1S/C34H30F3N7O9S/c1-20-7-9-22(10-8-20)28-17-29(34(35,36)37)38-43(28)23-11-13-25(14-12-23)54(50,51)39-30(45)15-16-31(46)52-24-18-41(19-24)44(49)40-53-21(2)42-32(47)26-5-3-4-6-27(26)33(42)48/h3-14,17,21,24H,15-16,18-19H2,1-2H3,(H,39,45)/b44-40+. The summed E-state index contributed by atoms with van der Waals surface area (Å²) in [6.07, 6.45) is -7.75. The fourth-order valence-corrected chi connectivity index (χ4v) is 6.52. The van der Waals surface area contributed by atoms with Gasteiger partial charge in [-0.3, -0.25) is 19.2 Å². The van der Waals surface area contributed by atoms with Crippen LogP contribution in [-0.2, 0) is 35.4 Å². The summed E-state index contributed by atoms with van der Waals surface area (Å²) < 4.78 is 74.4. The van der Waals surface area contributed by atoms with Crippen molar-refractivity contribution in [2.75, 3.05) is 13.1 Å². The van der Waals surface area contributed by atoms with Crippen molar-refractivity contribution in [1.82, 2.24) is 24.4 Å². The molecule has 6 rings (SSSR count). The third-order valence-electron chi connectivity index (χ3n) is 8.37. The second-order valence-electron chi connectivity index (χ2n) is 12.3. The molecule has 0 aliphatic carbocycles. The smallest absolute Gasteiger partial charge is 0.435 e. The molecule has 1 atom stereocenters. The maximum absolute atomic E-state index is 13.5. The van der Waals surface area contributed by atoms with Gasteiger partial charge in [0.25, 0.3) is 21.8 Å². The van der Waals surface area contributed by atoms with Gasteiger partial charge in [-0.05, 0) is 56.3 Å². The van der Waals surface area contributed by atoms with E-state index in [1.165, 1.54) is 31.2 Å². The number of esters is 1. The predicted octanol–water partition coefficient (Wildman–Crippen LogP) is 4.13. The Bertz CT molecular complexity index is 2220. The Morgan fingerprint density at radius 3 is 2.20 bits per heavy atom. The Hall–Kier alpha value is -6.31. The summed E-state index contributed by atoms with van der Waals surface area (Å²) >= 11 is 0. The van der Waals surface area contributed by atoms with Crippen molar-refractivity contribution in [1.29, 1.82) is 0 Å². The number of benzene rings is 3. The van der Waals surface area contributed by atoms with Crippen LogP contribution in [0.15, 0.2) is 89.0 Å². The number of hydrogen-bond donors (Lipinski definition) is 1. The number of hydrogen-bond acceptors (Lipinski definition) is 11. The largest absolute Gasteiger partial charge is 0.569 e. The van der Waals surface area contributed by atoms with Crippen LogP contribution in [-0.4, -0.2) is 82.2 Å². The Balaban J connectivity index is 0.968. The molecular weight excluding hydrogens is 739 g/mol. The lowest BCUT2D eigenvalue weighted by atomic mass is 10.1. The van der Waals surface area contributed by atoms with Gasteiger partial charge < -0.3 is 14.8 Å². The normalized spacial score (nSPS) is 15.5. The number of amides is 3. The molecule has 0 bridgehead atoms. The Morgan fingerprint density at radius 2 is 1.61 bits per heavy atom. The monoisotopic (exact) mass is 769 g/mol. The van der Waals surface area contributed by atoms with Crippen LogP contribution in [0.4, 0.5) is 13.2 Å². The number of fused-ring (bicyclic) bond motifs is 1. The topological polar surface area (TPSA) is 196 Å². The molecule has 3 amide bonds. The number of hydrazine groups is 1. The van der Waals surface area contributed by atoms with E-state index in [1.54, 1.807) is 36.4 Å². The van der Waals surface area contributed by atoms with Gasteiger partial charge >= 0.3 is 12.1 Å². The second-order valence-corrected chi connectivity index (χ2v) is 13.9. The zero-order chi connectivity index (χ0) is 38.9. The van der Waals surface area contributed by atoms with Gasteiger partial charge in [0.1, 0.15) is 19.2 Å². The van der Waals surface area contributed by atoms with Crippen LogP contribution < -0.4 is 4.72 Å². The highest BCUT2D eigenvalue weighted by Crippen LogP contribution is 2.33. The van der Waals surface area contributed by atoms with E-state index in [1.807, 2.05) is 11.6 Å². The molecule has 2 aliphatic rings. The van der Waals surface area contributed by atoms with E-state index in [9.17, 15) is 46.0 Å². The van der Waals surface area contributed by atoms with Crippen LogP contribution in [0.1, 0.15) is 51.7 Å². The van der Waals surface area contributed by atoms with Crippen LogP contribution in [0.3, 0.4) is 0 Å². The molecule has 4 aromatic rings. The quantitative estimate of drug-likeness (QED) is 0.0716. The van der Waals surface area contributed by atoms with Crippen molar-refractivity contribution in [2.24, 2.45) is 5.28 Å². The number of aromatic nitrogens is 2. The highest BCUT2D eigenvalue weighted by molar-refractivity contribution is 7.90. The number of nitrogens with zero attached hydrogens (tertiary/aromatic N) is 6. The van der Waals surface area contributed by atoms with Crippen molar-refractivity contribution in [2.45, 2.75) is 50.1 Å². The first-order chi connectivity index (χ1) is 25.5. The molecule has 0 spiro atoms. The number of aryl methyl sites for hydroxylation is 1. The summed E-state index contributed by atoms with van der Waals surface area (Å²) in [6, 6.07) is 18.5. The van der Waals surface area contributed by atoms with Crippen LogP contribution in [0.25, 0.3) is 16.9 Å². The van der Waals surface area contributed by atoms with E-state index >= 15 is 0 Å². The summed E-state index contributed by atoms with van der Waals surface area (Å²) in [5, 5.41) is 20.4. The van der Waals surface area contributed by atoms with Gasteiger partial charge in [-0.1, -0.05) is 42.0 Å². The predicted molar refractivity (Wildman–Crippen MR) is 178 cm³/mol. The Morgan fingerprint density at radius 1 is 1.00 bits per heavy atom. The Kier molecular flexibility index (Phi) is 10.1. The maximum atomic E-state index is 13.5. The van der Waals surface area contributed by atoms with Gasteiger partial charge in [-0.25, -0.2) is 22.7 Å². The second kappa shape index (κ2) is 14.6. The average Bonchev–Trinajstić information content (AvgIpc) is 3.67. The fraction of sp³-hybridized carbons (Fsp3) is 0.265. The van der Waals surface area contributed by atoms with Crippen LogP contribution in [0.5, 0.6) is 0 Å². The maximum Gasteiger partial charge on any atom is 0.435 e. The lowest BCUT2D eigenvalue weighted by Crippen LogP contribution is -2.55. The van der Waals surface area contributed by atoms with E-state index in [0.717, 1.165) is 38.4 Å². The molecule has 1 unspecified atom stereocenters. The van der Waals surface area contributed by atoms with Crippen molar-refractivity contribution in [3.05, 3.63) is 106 Å². The van der Waals surface area contributed by atoms with Gasteiger partial charge in [0.2, 0.25) is 17.4 Å². The minimum atomic E-state index is -4.73. The molecule has 282 valence electrons. The van der Waals surface area contributed by atoms with E-state index in [0.29, 0.717) is 5.56 Å². The van der Waals surface area contributed by atoms with Crippen molar-refractivity contribution in [3.8, 4) is 16.9 Å². The SMILES string of the molecule is Cc1ccc(-c2cc(C(F)(F)F)nn2-c2ccc(S(=O)(=O)NC(=O)CCC(=O)OC3CN(/[N+]([O-])=N\OC(C)N4C(=O)c5ccccc5C4=O)C3)cc2)cc1. The average molecular weight is 770 g/mol. The third-order valence-corrected chi connectivity index (χ3v) is 9.76. The number of halogens is 3. The molecule has 1 aromatic heterocycles. The van der Waals surface area contributed by atoms with Crippen LogP contribution >= 0.6 is 0 Å². The van der Waals surface area contributed by atoms with Crippen LogP contribution in [0, 0.1) is 12.1 Å². The van der Waals surface area contributed by atoms with E-state index in [4.69, 9.17) is 9.57 Å². The molecule has 0 saturated carbocycles. The first-order valence-electron chi connectivity index (χ1n) is 16.2. The van der Waals surface area contributed by atoms with Gasteiger partial charge in [0.05, 0.1) is 38.8 Å². The molecule has 1 N–H and O–H groups in total. The number of imide groups is 1. The number of sulfonamides is 1. The molecule has 3 heterocycles. The minimum absolute atomic E-state index is 0.0711. The van der Waals surface area contributed by atoms with Crippen molar-refractivity contribution in [3.63, 3.8) is 0 Å².